The van der Waals surface area contributed by atoms with Crippen LogP contribution in [0.25, 0.3) is 0 Å². The van der Waals surface area contributed by atoms with Gasteiger partial charge in [-0.25, -0.2) is 0 Å². The maximum atomic E-state index is 12.7. The third-order valence-electron chi connectivity index (χ3n) is 5.72. The summed E-state index contributed by atoms with van der Waals surface area (Å²) in [5.74, 6) is 0.237. The van der Waals surface area contributed by atoms with Gasteiger partial charge in [-0.3, -0.25) is 19.4 Å². The molecule has 1 N–H and O–H groups in total. The molecule has 30 heavy (non-hydrogen) atoms. The van der Waals surface area contributed by atoms with Crippen LogP contribution in [-0.4, -0.2) is 72.6 Å². The van der Waals surface area contributed by atoms with E-state index in [1.54, 1.807) is 30.3 Å². The van der Waals surface area contributed by atoms with Gasteiger partial charge in [0.1, 0.15) is 11.5 Å². The van der Waals surface area contributed by atoms with Gasteiger partial charge in [-0.05, 0) is 43.7 Å². The first kappa shape index (κ1) is 20.2. The number of phenols is 1. The molecule has 2 heterocycles. The van der Waals surface area contributed by atoms with Crippen LogP contribution in [0.4, 0.5) is 5.69 Å². The predicted molar refractivity (Wildman–Crippen MR) is 114 cm³/mol. The quantitative estimate of drug-likeness (QED) is 0.583. The van der Waals surface area contributed by atoms with E-state index in [0.717, 1.165) is 51.3 Å². The van der Waals surface area contributed by atoms with Crippen molar-refractivity contribution in [1.29, 1.82) is 0 Å². The molecule has 1 saturated heterocycles. The summed E-state index contributed by atoms with van der Waals surface area (Å²) in [5.41, 5.74) is 1.33. The normalized spacial score (nSPS) is 17.5. The number of phenolic OH excluding ortho intramolecular Hbond substituents is 1. The second-order valence-electron chi connectivity index (χ2n) is 7.66. The zero-order valence-corrected chi connectivity index (χ0v) is 17.0. The second-order valence-corrected chi connectivity index (χ2v) is 7.66. The van der Waals surface area contributed by atoms with E-state index in [0.29, 0.717) is 23.6 Å². The Morgan fingerprint density at radius 1 is 0.867 bits per heavy atom. The summed E-state index contributed by atoms with van der Waals surface area (Å²) in [6.07, 6.45) is 1.68. The van der Waals surface area contributed by atoms with Gasteiger partial charge in [0.15, 0.2) is 6.61 Å². The number of benzene rings is 2. The van der Waals surface area contributed by atoms with Gasteiger partial charge < -0.3 is 14.7 Å². The molecule has 0 unspecified atom stereocenters. The Morgan fingerprint density at radius 2 is 1.57 bits per heavy atom. The highest BCUT2D eigenvalue weighted by atomic mass is 16.5. The number of rotatable bonds is 6. The molecule has 2 aromatic rings. The first-order valence-corrected chi connectivity index (χ1v) is 10.5. The topological polar surface area (TPSA) is 73.3 Å². The Hall–Kier alpha value is -3.06. The van der Waals surface area contributed by atoms with Gasteiger partial charge in [0.25, 0.3) is 11.8 Å². The molecule has 7 heteroatoms. The second kappa shape index (κ2) is 9.17. The molecule has 7 nitrogen and oxygen atoms in total. The number of carbonyl (C=O) groups excluding carboxylic acids is 2. The van der Waals surface area contributed by atoms with Gasteiger partial charge in [0.05, 0.1) is 11.3 Å². The molecule has 0 atom stereocenters. The van der Waals surface area contributed by atoms with E-state index in [9.17, 15) is 14.7 Å². The lowest BCUT2D eigenvalue weighted by atomic mass is 10.1. The standard InChI is InChI=1S/C23H27N3O4/c27-20-9-3-2-8-19(20)25-15-13-24(14-16-25)11-5-6-12-26-22(28)17-30-21-10-4-1-7-18(21)23(26)29/h1-4,7-10,27H,5-6,11-17H2. The van der Waals surface area contributed by atoms with Crippen LogP contribution in [-0.2, 0) is 4.79 Å². The molecule has 2 aliphatic rings. The number of unbranched alkanes of at least 4 members (excludes halogenated alkanes) is 1. The van der Waals surface area contributed by atoms with Crippen LogP contribution in [0.15, 0.2) is 48.5 Å². The molecule has 0 aliphatic carbocycles. The number of carbonyl (C=O) groups is 2. The summed E-state index contributed by atoms with van der Waals surface area (Å²) in [6, 6.07) is 14.4. The molecule has 1 fully saturated rings. The van der Waals surface area contributed by atoms with Gasteiger partial charge in [0, 0.05) is 32.7 Å². The number of nitrogens with zero attached hydrogens (tertiary/aromatic N) is 3. The maximum Gasteiger partial charge on any atom is 0.267 e. The monoisotopic (exact) mass is 409 g/mol. The van der Waals surface area contributed by atoms with E-state index in [1.165, 1.54) is 4.90 Å². The van der Waals surface area contributed by atoms with Gasteiger partial charge in [-0.2, -0.15) is 0 Å². The van der Waals surface area contributed by atoms with Crippen molar-refractivity contribution in [2.45, 2.75) is 12.8 Å². The van der Waals surface area contributed by atoms with E-state index < -0.39 is 0 Å². The van der Waals surface area contributed by atoms with Crippen molar-refractivity contribution in [3.8, 4) is 11.5 Å². The number of hydrogen-bond acceptors (Lipinski definition) is 6. The minimum Gasteiger partial charge on any atom is -0.506 e. The molecule has 0 aromatic heterocycles. The molecule has 158 valence electrons. The first-order chi connectivity index (χ1) is 14.6. The summed E-state index contributed by atoms with van der Waals surface area (Å²) in [7, 11) is 0. The zero-order valence-electron chi connectivity index (χ0n) is 17.0. The third-order valence-corrected chi connectivity index (χ3v) is 5.72. The maximum absolute atomic E-state index is 12.7. The Labute approximate surface area is 176 Å². The Kier molecular flexibility index (Phi) is 6.18. The minimum atomic E-state index is -0.285. The number of ether oxygens (including phenoxy) is 1. The molecule has 2 aliphatic heterocycles. The molecule has 0 spiro atoms. The molecule has 2 aromatic carbocycles. The molecule has 0 bridgehead atoms. The van der Waals surface area contributed by atoms with E-state index in [-0.39, 0.29) is 18.4 Å². The highest BCUT2D eigenvalue weighted by Gasteiger charge is 2.29. The van der Waals surface area contributed by atoms with E-state index >= 15 is 0 Å². The molecular formula is C23H27N3O4. The number of para-hydroxylation sites is 3. The van der Waals surface area contributed by atoms with Crippen LogP contribution < -0.4 is 9.64 Å². The van der Waals surface area contributed by atoms with Crippen molar-refractivity contribution < 1.29 is 19.4 Å². The first-order valence-electron chi connectivity index (χ1n) is 10.5. The number of hydrogen-bond donors (Lipinski definition) is 1. The van der Waals surface area contributed by atoms with Gasteiger partial charge in [-0.1, -0.05) is 24.3 Å². The fourth-order valence-corrected chi connectivity index (χ4v) is 4.02. The zero-order chi connectivity index (χ0) is 20.9. The van der Waals surface area contributed by atoms with Crippen molar-refractivity contribution in [3.05, 3.63) is 54.1 Å². The van der Waals surface area contributed by atoms with Crippen molar-refractivity contribution in [2.24, 2.45) is 0 Å². The van der Waals surface area contributed by atoms with Gasteiger partial charge in [0.2, 0.25) is 0 Å². The number of aromatic hydroxyl groups is 1. The lowest BCUT2D eigenvalue weighted by molar-refractivity contribution is -0.130. The van der Waals surface area contributed by atoms with Crippen molar-refractivity contribution in [2.75, 3.05) is 50.8 Å². The fraction of sp³-hybridized carbons (Fsp3) is 0.391. The van der Waals surface area contributed by atoms with Crippen LogP contribution in [0, 0.1) is 0 Å². The van der Waals surface area contributed by atoms with Gasteiger partial charge >= 0.3 is 0 Å². The summed E-state index contributed by atoms with van der Waals surface area (Å²) >= 11 is 0. The fourth-order valence-electron chi connectivity index (χ4n) is 4.02. The van der Waals surface area contributed by atoms with Crippen molar-refractivity contribution in [3.63, 3.8) is 0 Å². The third kappa shape index (κ3) is 4.41. The number of piperazine rings is 1. The summed E-state index contributed by atoms with van der Waals surface area (Å²) in [5, 5.41) is 10.0. The molecule has 4 rings (SSSR count). The Balaban J connectivity index is 1.23. The van der Waals surface area contributed by atoms with Crippen LogP contribution in [0.3, 0.4) is 0 Å². The van der Waals surface area contributed by atoms with E-state index in [1.807, 2.05) is 18.2 Å². The number of imide groups is 1. The van der Waals surface area contributed by atoms with E-state index in [4.69, 9.17) is 4.74 Å². The van der Waals surface area contributed by atoms with Gasteiger partial charge in [-0.15, -0.1) is 0 Å². The lowest BCUT2D eigenvalue weighted by Crippen LogP contribution is -2.46. The van der Waals surface area contributed by atoms with Crippen LogP contribution in [0.5, 0.6) is 11.5 Å². The minimum absolute atomic E-state index is 0.100. The largest absolute Gasteiger partial charge is 0.506 e. The summed E-state index contributed by atoms with van der Waals surface area (Å²) in [6.45, 7) is 4.83. The average Bonchev–Trinajstić information content (AvgIpc) is 2.89. The molecule has 2 amide bonds. The highest BCUT2D eigenvalue weighted by Crippen LogP contribution is 2.27. The summed E-state index contributed by atoms with van der Waals surface area (Å²) in [4.78, 5) is 31.0. The number of fused-ring (bicyclic) bond motifs is 1. The SMILES string of the molecule is O=C1COc2ccccc2C(=O)N1CCCCN1CCN(c2ccccc2O)CC1. The number of amides is 2. The highest BCUT2D eigenvalue weighted by molar-refractivity contribution is 6.07. The average molecular weight is 409 g/mol. The lowest BCUT2D eigenvalue weighted by Gasteiger charge is -2.36. The molecular weight excluding hydrogens is 382 g/mol. The Bertz CT molecular complexity index is 909. The van der Waals surface area contributed by atoms with Crippen molar-refractivity contribution in [1.82, 2.24) is 9.80 Å². The van der Waals surface area contributed by atoms with Crippen LogP contribution in [0.1, 0.15) is 23.2 Å². The smallest absolute Gasteiger partial charge is 0.267 e. The number of anilines is 1. The van der Waals surface area contributed by atoms with Crippen LogP contribution >= 0.6 is 0 Å². The summed E-state index contributed by atoms with van der Waals surface area (Å²) < 4.78 is 5.48. The van der Waals surface area contributed by atoms with E-state index in [2.05, 4.69) is 9.80 Å². The predicted octanol–water partition coefficient (Wildman–Crippen LogP) is 2.36. The van der Waals surface area contributed by atoms with Crippen molar-refractivity contribution >= 4 is 17.5 Å². The molecule has 0 radical (unpaired) electrons. The molecule has 0 saturated carbocycles. The Morgan fingerprint density at radius 3 is 2.37 bits per heavy atom. The van der Waals surface area contributed by atoms with Crippen LogP contribution in [0.2, 0.25) is 0 Å².